The van der Waals surface area contributed by atoms with Gasteiger partial charge in [-0.1, -0.05) is 0 Å². The van der Waals surface area contributed by atoms with Crippen LogP contribution in [-0.4, -0.2) is 35.9 Å². The van der Waals surface area contributed by atoms with Crippen molar-refractivity contribution in [3.63, 3.8) is 0 Å². The first-order chi connectivity index (χ1) is 3.18. The van der Waals surface area contributed by atoms with Crippen LogP contribution in [0.15, 0.2) is 0 Å². The Kier molecular flexibility index (Phi) is 6.44. The summed E-state index contributed by atoms with van der Waals surface area (Å²) in [5.74, 6) is -2.05. The van der Waals surface area contributed by atoms with Crippen molar-refractivity contribution in [3.8, 4) is 0 Å². The number of Topliss-reactive ketones (excluding diaryl/α,β-unsaturated/α-hetero) is 1. The molecule has 0 bridgehead atoms. The topological polar surface area (TPSA) is 63.6 Å². The zero-order chi connectivity index (χ0) is 5.86. The molecule has 0 rings (SSSR count). The van der Waals surface area contributed by atoms with Crippen LogP contribution in [0, 0.1) is 0 Å². The molecule has 0 heterocycles. The van der Waals surface area contributed by atoms with Crippen LogP contribution in [0.5, 0.6) is 0 Å². The van der Waals surface area contributed by atoms with Crippen molar-refractivity contribution in [1.82, 2.24) is 0 Å². The Morgan fingerprint density at radius 3 is 1.88 bits per heavy atom. The molecule has 0 aliphatic heterocycles. The molecule has 0 fully saturated rings. The van der Waals surface area contributed by atoms with Crippen molar-refractivity contribution in [2.45, 2.75) is 6.92 Å². The summed E-state index contributed by atoms with van der Waals surface area (Å²) in [5, 5.41) is 7.43. The van der Waals surface area contributed by atoms with Gasteiger partial charge in [-0.3, -0.25) is 9.68 Å². The Hall–Kier alpha value is -0.303. The third-order valence-corrected chi connectivity index (χ3v) is 0.370. The molecule has 0 radical (unpaired) electrons. The number of carbonyl (C=O) groups is 2. The Morgan fingerprint density at radius 2 is 1.88 bits per heavy atom. The van der Waals surface area contributed by atoms with Crippen molar-refractivity contribution in [3.05, 3.63) is 0 Å². The second-order valence-electron chi connectivity index (χ2n) is 0.935. The molecule has 4 nitrogen and oxygen atoms in total. The first kappa shape index (κ1) is 10.6. The number of carbonyl (C=O) groups excluding carboxylic acids is 2. The predicted octanol–water partition coefficient (Wildman–Crippen LogP) is -1.06. The van der Waals surface area contributed by atoms with Crippen LogP contribution in [0.1, 0.15) is 6.92 Å². The van der Waals surface area contributed by atoms with Gasteiger partial charge in [0.2, 0.25) is 5.78 Å². The van der Waals surface area contributed by atoms with Gasteiger partial charge in [0.05, 0.1) is 0 Å². The predicted molar refractivity (Wildman–Crippen MR) is 26.6 cm³/mol. The van der Waals surface area contributed by atoms with E-state index in [1.54, 1.807) is 0 Å². The fraction of sp³-hybridized carbons (Fsp3) is 0.333. The van der Waals surface area contributed by atoms with Gasteiger partial charge in [0.1, 0.15) is 0 Å². The molecular weight excluding hydrogens is 107 g/mol. The van der Waals surface area contributed by atoms with Crippen molar-refractivity contribution in [1.29, 1.82) is 0 Å². The van der Waals surface area contributed by atoms with Crippen LogP contribution >= 0.6 is 0 Å². The van der Waals surface area contributed by atoms with Gasteiger partial charge >= 0.3 is 24.8 Å². The molecule has 1 N–H and O–H groups in total. The van der Waals surface area contributed by atoms with Gasteiger partial charge in [-0.05, 0) is 0 Å². The molecule has 0 aromatic heterocycles. The maximum atomic E-state index is 9.74. The van der Waals surface area contributed by atoms with Crippen molar-refractivity contribution in [2.24, 2.45) is 0 Å². The number of ketones is 1. The van der Waals surface area contributed by atoms with Crippen LogP contribution in [0.2, 0.25) is 0 Å². The van der Waals surface area contributed by atoms with Gasteiger partial charge in [0.15, 0.2) is 0 Å². The fourth-order valence-corrected chi connectivity index (χ4v) is 0.0643. The second kappa shape index (κ2) is 4.85. The summed E-state index contributed by atoms with van der Waals surface area (Å²) in [6.45, 7) is 0.999. The van der Waals surface area contributed by atoms with Crippen molar-refractivity contribution < 1.29 is 19.7 Å². The zero-order valence-electron chi connectivity index (χ0n) is 3.67. The van der Waals surface area contributed by atoms with E-state index in [4.69, 9.17) is 5.26 Å². The average molecular weight is 112 g/mol. The quantitative estimate of drug-likeness (QED) is 0.203. The summed E-state index contributed by atoms with van der Waals surface area (Å²) in [6, 6.07) is 0. The molecule has 42 valence electrons. The van der Waals surface area contributed by atoms with E-state index >= 15 is 0 Å². The van der Waals surface area contributed by atoms with Crippen LogP contribution in [0.25, 0.3) is 0 Å². The summed E-state index contributed by atoms with van der Waals surface area (Å²) >= 11 is 0. The van der Waals surface area contributed by atoms with Crippen molar-refractivity contribution in [2.75, 3.05) is 0 Å². The standard InChI is InChI=1S/C3H4O4.Li.H/c1-2(4)3(5)7-6;;/h6H,1H3;;. The molecule has 0 aromatic carbocycles. The van der Waals surface area contributed by atoms with E-state index in [0.29, 0.717) is 0 Å². The van der Waals surface area contributed by atoms with E-state index in [0.717, 1.165) is 6.92 Å². The molecule has 0 aromatic rings. The molecule has 0 unspecified atom stereocenters. The number of hydrogen-bond acceptors (Lipinski definition) is 4. The Labute approximate surface area is 57.9 Å². The first-order valence-corrected chi connectivity index (χ1v) is 1.54. The summed E-state index contributed by atoms with van der Waals surface area (Å²) < 4.78 is 0. The van der Waals surface area contributed by atoms with E-state index < -0.39 is 11.8 Å². The van der Waals surface area contributed by atoms with Crippen LogP contribution in [0.4, 0.5) is 0 Å². The number of hydrogen-bond donors (Lipinski definition) is 1. The SMILES string of the molecule is CC(=O)C(=O)OO.[LiH]. The summed E-state index contributed by atoms with van der Waals surface area (Å²) in [6.07, 6.45) is 0. The van der Waals surface area contributed by atoms with Gasteiger partial charge in [-0.15, -0.1) is 0 Å². The molecule has 8 heavy (non-hydrogen) atoms. The molecule has 0 saturated heterocycles. The Balaban J connectivity index is 0. The van der Waals surface area contributed by atoms with Gasteiger partial charge in [0, 0.05) is 6.92 Å². The third-order valence-electron chi connectivity index (χ3n) is 0.370. The Bertz CT molecular complexity index is 99.5. The van der Waals surface area contributed by atoms with E-state index in [-0.39, 0.29) is 18.9 Å². The van der Waals surface area contributed by atoms with E-state index in [1.807, 2.05) is 0 Å². The molecule has 0 aliphatic rings. The van der Waals surface area contributed by atoms with Gasteiger partial charge in [-0.2, -0.15) is 5.26 Å². The Morgan fingerprint density at radius 1 is 1.50 bits per heavy atom. The number of rotatable bonds is 1. The minimum atomic E-state index is -1.24. The molecule has 0 amide bonds. The summed E-state index contributed by atoms with van der Waals surface area (Å²) in [5.41, 5.74) is 0. The summed E-state index contributed by atoms with van der Waals surface area (Å²) in [7, 11) is 0. The minimum absolute atomic E-state index is 0. The average Bonchev–Trinajstić information content (AvgIpc) is 1.65. The first-order valence-electron chi connectivity index (χ1n) is 1.54. The second-order valence-corrected chi connectivity index (χ2v) is 0.935. The van der Waals surface area contributed by atoms with E-state index in [1.165, 1.54) is 0 Å². The van der Waals surface area contributed by atoms with Gasteiger partial charge in [-0.25, -0.2) is 4.79 Å². The zero-order valence-corrected chi connectivity index (χ0v) is 3.67. The van der Waals surface area contributed by atoms with Crippen LogP contribution < -0.4 is 0 Å². The maximum absolute atomic E-state index is 9.74. The molecule has 0 saturated carbocycles. The molecular formula is C3H5LiO4. The van der Waals surface area contributed by atoms with Gasteiger partial charge in [0.25, 0.3) is 0 Å². The normalized spacial score (nSPS) is 6.75. The fourth-order valence-electron chi connectivity index (χ4n) is 0.0643. The van der Waals surface area contributed by atoms with E-state index in [9.17, 15) is 9.59 Å². The summed E-state index contributed by atoms with van der Waals surface area (Å²) in [4.78, 5) is 22.5. The van der Waals surface area contributed by atoms with Crippen LogP contribution in [-0.2, 0) is 14.5 Å². The molecule has 0 atom stereocenters. The van der Waals surface area contributed by atoms with Crippen LogP contribution in [0.3, 0.4) is 0 Å². The molecule has 5 heteroatoms. The van der Waals surface area contributed by atoms with E-state index in [2.05, 4.69) is 4.89 Å². The molecule has 0 aliphatic carbocycles. The van der Waals surface area contributed by atoms with Crippen molar-refractivity contribution >= 4 is 30.6 Å². The molecule has 0 spiro atoms. The van der Waals surface area contributed by atoms with Gasteiger partial charge < -0.3 is 0 Å². The monoisotopic (exact) mass is 112 g/mol. The third kappa shape index (κ3) is 3.87.